The zero-order valence-corrected chi connectivity index (χ0v) is 13.4. The van der Waals surface area contributed by atoms with E-state index in [9.17, 15) is 0 Å². The molecule has 0 saturated carbocycles. The van der Waals surface area contributed by atoms with Crippen molar-refractivity contribution in [1.82, 2.24) is 5.32 Å². The summed E-state index contributed by atoms with van der Waals surface area (Å²) in [4.78, 5) is 1.26. The van der Waals surface area contributed by atoms with Crippen molar-refractivity contribution in [2.45, 2.75) is 10.9 Å². The van der Waals surface area contributed by atoms with E-state index in [0.29, 0.717) is 10.8 Å². The molecule has 0 amide bonds. The minimum absolute atomic E-state index is 0.122. The Morgan fingerprint density at radius 3 is 2.30 bits per heavy atom. The fourth-order valence-corrected chi connectivity index (χ4v) is 2.78. The standard InChI is InChI=1S/C16H18ClNOS/c1-18-16(11-4-7-13(20-3)8-5-11)12-6-9-14(17)15(10-12)19-2/h4-10,16,18H,1-3H3. The number of ether oxygens (including phenoxy) is 1. The summed E-state index contributed by atoms with van der Waals surface area (Å²) in [6, 6.07) is 14.6. The molecule has 1 atom stereocenters. The molecule has 1 N–H and O–H groups in total. The van der Waals surface area contributed by atoms with Gasteiger partial charge < -0.3 is 10.1 Å². The molecular weight excluding hydrogens is 290 g/mol. The molecule has 106 valence electrons. The summed E-state index contributed by atoms with van der Waals surface area (Å²) in [5.41, 5.74) is 2.35. The van der Waals surface area contributed by atoms with Gasteiger partial charge in [0.05, 0.1) is 18.2 Å². The summed E-state index contributed by atoms with van der Waals surface area (Å²) in [5, 5.41) is 3.97. The van der Waals surface area contributed by atoms with E-state index in [4.69, 9.17) is 16.3 Å². The maximum absolute atomic E-state index is 6.08. The van der Waals surface area contributed by atoms with E-state index >= 15 is 0 Å². The van der Waals surface area contributed by atoms with Gasteiger partial charge in [-0.2, -0.15) is 0 Å². The molecule has 1 unspecified atom stereocenters. The van der Waals surface area contributed by atoms with Crippen molar-refractivity contribution in [2.24, 2.45) is 0 Å². The maximum Gasteiger partial charge on any atom is 0.137 e. The van der Waals surface area contributed by atoms with Crippen molar-refractivity contribution in [1.29, 1.82) is 0 Å². The van der Waals surface area contributed by atoms with Gasteiger partial charge in [-0.15, -0.1) is 11.8 Å². The minimum atomic E-state index is 0.122. The van der Waals surface area contributed by atoms with Crippen LogP contribution < -0.4 is 10.1 Å². The number of rotatable bonds is 5. The summed E-state index contributed by atoms with van der Waals surface area (Å²) in [7, 11) is 3.58. The van der Waals surface area contributed by atoms with Crippen LogP contribution in [0.2, 0.25) is 5.02 Å². The second-order valence-electron chi connectivity index (χ2n) is 4.39. The summed E-state index contributed by atoms with van der Waals surface area (Å²) < 4.78 is 5.29. The topological polar surface area (TPSA) is 21.3 Å². The smallest absolute Gasteiger partial charge is 0.137 e. The number of nitrogens with one attached hydrogen (secondary N) is 1. The van der Waals surface area contributed by atoms with Crippen LogP contribution in [0.15, 0.2) is 47.4 Å². The lowest BCUT2D eigenvalue weighted by Gasteiger charge is -2.18. The lowest BCUT2D eigenvalue weighted by Crippen LogP contribution is -2.17. The summed E-state index contributed by atoms with van der Waals surface area (Å²) >= 11 is 7.82. The average molecular weight is 308 g/mol. The van der Waals surface area contributed by atoms with Gasteiger partial charge in [-0.1, -0.05) is 29.8 Å². The molecule has 2 nitrogen and oxygen atoms in total. The van der Waals surface area contributed by atoms with Crippen molar-refractivity contribution in [2.75, 3.05) is 20.4 Å². The van der Waals surface area contributed by atoms with Crippen molar-refractivity contribution >= 4 is 23.4 Å². The molecule has 0 aromatic heterocycles. The van der Waals surface area contributed by atoms with Crippen LogP contribution in [0, 0.1) is 0 Å². The number of thioether (sulfide) groups is 1. The van der Waals surface area contributed by atoms with E-state index in [-0.39, 0.29) is 6.04 Å². The molecule has 4 heteroatoms. The zero-order valence-electron chi connectivity index (χ0n) is 11.8. The summed E-state index contributed by atoms with van der Waals surface area (Å²) in [6.45, 7) is 0. The third-order valence-corrected chi connectivity index (χ3v) is 4.30. The van der Waals surface area contributed by atoms with E-state index < -0.39 is 0 Å². The van der Waals surface area contributed by atoms with Gasteiger partial charge in [-0.25, -0.2) is 0 Å². The Kier molecular flexibility index (Phi) is 5.35. The van der Waals surface area contributed by atoms with Crippen LogP contribution in [0.4, 0.5) is 0 Å². The van der Waals surface area contributed by atoms with Crippen LogP contribution in [0.3, 0.4) is 0 Å². The molecule has 2 aromatic rings. The van der Waals surface area contributed by atoms with Gasteiger partial charge in [0.2, 0.25) is 0 Å². The molecule has 0 aliphatic carbocycles. The molecule has 0 saturated heterocycles. The van der Waals surface area contributed by atoms with Gasteiger partial charge >= 0.3 is 0 Å². The van der Waals surface area contributed by atoms with Gasteiger partial charge in [0.25, 0.3) is 0 Å². The minimum Gasteiger partial charge on any atom is -0.495 e. The van der Waals surface area contributed by atoms with Crippen LogP contribution in [-0.2, 0) is 0 Å². The highest BCUT2D eigenvalue weighted by molar-refractivity contribution is 7.98. The lowest BCUT2D eigenvalue weighted by molar-refractivity contribution is 0.414. The first-order valence-electron chi connectivity index (χ1n) is 6.34. The third-order valence-electron chi connectivity index (χ3n) is 3.25. The number of benzene rings is 2. The fraction of sp³-hybridized carbons (Fsp3) is 0.250. The van der Waals surface area contributed by atoms with E-state index in [1.54, 1.807) is 18.9 Å². The predicted molar refractivity (Wildman–Crippen MR) is 87.1 cm³/mol. The van der Waals surface area contributed by atoms with E-state index in [1.165, 1.54) is 10.5 Å². The van der Waals surface area contributed by atoms with E-state index in [0.717, 1.165) is 5.56 Å². The summed E-state index contributed by atoms with van der Waals surface area (Å²) in [5.74, 6) is 0.699. The van der Waals surface area contributed by atoms with E-state index in [2.05, 4.69) is 35.8 Å². The molecule has 2 aromatic carbocycles. The Morgan fingerprint density at radius 2 is 1.75 bits per heavy atom. The molecule has 0 aliphatic rings. The van der Waals surface area contributed by atoms with Crippen LogP contribution >= 0.6 is 23.4 Å². The molecule has 0 aliphatic heterocycles. The molecule has 0 radical (unpaired) electrons. The molecule has 0 spiro atoms. The lowest BCUT2D eigenvalue weighted by atomic mass is 9.99. The van der Waals surface area contributed by atoms with Crippen LogP contribution in [-0.4, -0.2) is 20.4 Å². The normalized spacial score (nSPS) is 12.2. The molecular formula is C16H18ClNOS. The van der Waals surface area contributed by atoms with Gasteiger partial charge in [0.1, 0.15) is 5.75 Å². The average Bonchev–Trinajstić information content (AvgIpc) is 2.50. The quantitative estimate of drug-likeness (QED) is 0.828. The highest BCUT2D eigenvalue weighted by Gasteiger charge is 2.14. The second kappa shape index (κ2) is 7.02. The zero-order chi connectivity index (χ0) is 14.5. The van der Waals surface area contributed by atoms with Gasteiger partial charge in [-0.3, -0.25) is 0 Å². The largest absolute Gasteiger partial charge is 0.495 e. The second-order valence-corrected chi connectivity index (χ2v) is 5.68. The first kappa shape index (κ1) is 15.2. The number of hydrogen-bond donors (Lipinski definition) is 1. The third kappa shape index (κ3) is 3.29. The molecule has 0 bridgehead atoms. The van der Waals surface area contributed by atoms with Crippen LogP contribution in [0.5, 0.6) is 5.75 Å². The number of methoxy groups -OCH3 is 1. The Morgan fingerprint density at radius 1 is 1.10 bits per heavy atom. The van der Waals surface area contributed by atoms with Crippen molar-refractivity contribution < 1.29 is 4.74 Å². The number of hydrogen-bond acceptors (Lipinski definition) is 3. The first-order valence-corrected chi connectivity index (χ1v) is 7.94. The molecule has 0 heterocycles. The predicted octanol–water partition coefficient (Wildman–Crippen LogP) is 4.38. The van der Waals surface area contributed by atoms with Crippen molar-refractivity contribution in [3.8, 4) is 5.75 Å². The van der Waals surface area contributed by atoms with Crippen molar-refractivity contribution in [3.63, 3.8) is 0 Å². The van der Waals surface area contributed by atoms with Gasteiger partial charge in [-0.05, 0) is 48.7 Å². The van der Waals surface area contributed by atoms with Crippen LogP contribution in [0.1, 0.15) is 17.2 Å². The Balaban J connectivity index is 2.35. The monoisotopic (exact) mass is 307 g/mol. The summed E-state index contributed by atoms with van der Waals surface area (Å²) in [6.07, 6.45) is 2.08. The van der Waals surface area contributed by atoms with Crippen LogP contribution in [0.25, 0.3) is 0 Å². The molecule has 0 fully saturated rings. The Bertz CT molecular complexity index is 571. The fourth-order valence-electron chi connectivity index (χ4n) is 2.18. The highest BCUT2D eigenvalue weighted by Crippen LogP contribution is 2.30. The first-order chi connectivity index (χ1) is 9.69. The van der Waals surface area contributed by atoms with Crippen molar-refractivity contribution in [3.05, 3.63) is 58.6 Å². The molecule has 2 rings (SSSR count). The van der Waals surface area contributed by atoms with Gasteiger partial charge in [0, 0.05) is 4.90 Å². The highest BCUT2D eigenvalue weighted by atomic mass is 35.5. The van der Waals surface area contributed by atoms with Gasteiger partial charge in [0.15, 0.2) is 0 Å². The maximum atomic E-state index is 6.08. The molecule has 20 heavy (non-hydrogen) atoms. The SMILES string of the molecule is CNC(c1ccc(SC)cc1)c1ccc(Cl)c(OC)c1. The van der Waals surface area contributed by atoms with E-state index in [1.807, 2.05) is 25.2 Å². The Hall–Kier alpha value is -1.16. The number of halogens is 1. The Labute approximate surface area is 129 Å².